The smallest absolute Gasteiger partial charge is 0.175 e. The van der Waals surface area contributed by atoms with E-state index in [4.69, 9.17) is 16.8 Å². The third kappa shape index (κ3) is 2.46. The monoisotopic (exact) mass is 197 g/mol. The van der Waals surface area contributed by atoms with Gasteiger partial charge in [0.2, 0.25) is 0 Å². The number of nitrogens with zero attached hydrogens (tertiary/aromatic N) is 1. The van der Waals surface area contributed by atoms with Crippen molar-refractivity contribution in [2.24, 2.45) is 5.16 Å². The highest BCUT2D eigenvalue weighted by molar-refractivity contribution is 6.69. The molecular weight excluding hydrogens is 186 g/mol. The quantitative estimate of drug-likeness (QED) is 0.441. The van der Waals surface area contributed by atoms with Crippen LogP contribution in [0, 0.1) is 0 Å². The van der Waals surface area contributed by atoms with Crippen molar-refractivity contribution in [1.29, 1.82) is 0 Å². The minimum absolute atomic E-state index is 0.121. The van der Waals surface area contributed by atoms with Crippen LogP contribution in [0.1, 0.15) is 30.9 Å². The lowest BCUT2D eigenvalue weighted by Crippen LogP contribution is -1.92. The van der Waals surface area contributed by atoms with Crippen LogP contribution in [0.25, 0.3) is 0 Å². The largest absolute Gasteiger partial charge is 0.410 e. The predicted molar refractivity (Wildman–Crippen MR) is 54.7 cm³/mol. The van der Waals surface area contributed by atoms with E-state index in [9.17, 15) is 0 Å². The van der Waals surface area contributed by atoms with Gasteiger partial charge in [0.1, 0.15) is 0 Å². The minimum atomic E-state index is 0.121. The second-order valence-corrected chi connectivity index (χ2v) is 3.53. The van der Waals surface area contributed by atoms with Crippen molar-refractivity contribution in [3.63, 3.8) is 0 Å². The van der Waals surface area contributed by atoms with Gasteiger partial charge >= 0.3 is 0 Å². The van der Waals surface area contributed by atoms with Crippen molar-refractivity contribution in [2.75, 3.05) is 0 Å². The predicted octanol–water partition coefficient (Wildman–Crippen LogP) is 3.18. The second-order valence-electron chi connectivity index (χ2n) is 3.17. The van der Waals surface area contributed by atoms with Crippen molar-refractivity contribution in [1.82, 2.24) is 0 Å². The van der Waals surface area contributed by atoms with E-state index in [-0.39, 0.29) is 5.17 Å². The summed E-state index contributed by atoms with van der Waals surface area (Å²) in [7, 11) is 0. The molecule has 0 atom stereocenters. The molecule has 0 fully saturated rings. The Balaban J connectivity index is 2.94. The fourth-order valence-corrected chi connectivity index (χ4v) is 1.19. The maximum Gasteiger partial charge on any atom is 0.175 e. The molecule has 1 aromatic rings. The molecule has 3 heteroatoms. The van der Waals surface area contributed by atoms with E-state index in [0.29, 0.717) is 5.92 Å². The Morgan fingerprint density at radius 1 is 1.31 bits per heavy atom. The molecule has 0 radical (unpaired) electrons. The van der Waals surface area contributed by atoms with Gasteiger partial charge in [-0.25, -0.2) is 0 Å². The van der Waals surface area contributed by atoms with Gasteiger partial charge in [0.05, 0.1) is 0 Å². The van der Waals surface area contributed by atoms with E-state index < -0.39 is 0 Å². The Labute approximate surface area is 82.8 Å². The van der Waals surface area contributed by atoms with Gasteiger partial charge in [0.15, 0.2) is 5.17 Å². The van der Waals surface area contributed by atoms with Gasteiger partial charge in [-0.3, -0.25) is 0 Å². The molecule has 0 spiro atoms. The molecule has 0 saturated heterocycles. The lowest BCUT2D eigenvalue weighted by atomic mass is 10.0. The fourth-order valence-electron chi connectivity index (χ4n) is 1.06. The van der Waals surface area contributed by atoms with Gasteiger partial charge in [-0.1, -0.05) is 54.9 Å². The molecular formula is C10H12ClNO. The second kappa shape index (κ2) is 4.28. The van der Waals surface area contributed by atoms with Crippen molar-refractivity contribution < 1.29 is 5.21 Å². The highest BCUT2D eigenvalue weighted by Gasteiger charge is 2.01. The summed E-state index contributed by atoms with van der Waals surface area (Å²) < 4.78 is 0. The van der Waals surface area contributed by atoms with Crippen molar-refractivity contribution >= 4 is 16.8 Å². The molecule has 1 aromatic carbocycles. The maximum atomic E-state index is 8.42. The average molecular weight is 198 g/mol. The number of benzene rings is 1. The molecule has 0 heterocycles. The van der Waals surface area contributed by atoms with Crippen LogP contribution in [0.5, 0.6) is 0 Å². The molecule has 1 rings (SSSR count). The zero-order valence-electron chi connectivity index (χ0n) is 7.66. The average Bonchev–Trinajstić information content (AvgIpc) is 2.17. The highest BCUT2D eigenvalue weighted by atomic mass is 35.5. The molecule has 0 aliphatic rings. The van der Waals surface area contributed by atoms with Crippen LogP contribution in [0.15, 0.2) is 29.4 Å². The SMILES string of the molecule is CC(C)c1ccc(/C(Cl)=N/O)cc1. The minimum Gasteiger partial charge on any atom is -0.410 e. The van der Waals surface area contributed by atoms with E-state index in [1.807, 2.05) is 24.3 Å². The first-order valence-corrected chi connectivity index (χ1v) is 4.51. The van der Waals surface area contributed by atoms with Gasteiger partial charge in [0.25, 0.3) is 0 Å². The van der Waals surface area contributed by atoms with E-state index in [1.54, 1.807) is 0 Å². The van der Waals surface area contributed by atoms with Crippen LogP contribution in [0.2, 0.25) is 0 Å². The molecule has 0 aromatic heterocycles. The van der Waals surface area contributed by atoms with Gasteiger partial charge in [-0.2, -0.15) is 0 Å². The van der Waals surface area contributed by atoms with Gasteiger partial charge < -0.3 is 5.21 Å². The summed E-state index contributed by atoms with van der Waals surface area (Å²) in [5, 5.41) is 11.5. The van der Waals surface area contributed by atoms with Crippen LogP contribution in [-0.2, 0) is 0 Å². The first kappa shape index (κ1) is 10.1. The fraction of sp³-hybridized carbons (Fsp3) is 0.300. The molecule has 0 unspecified atom stereocenters. The number of hydrogen-bond donors (Lipinski definition) is 1. The number of oxime groups is 1. The van der Waals surface area contributed by atoms with Crippen molar-refractivity contribution in [2.45, 2.75) is 19.8 Å². The van der Waals surface area contributed by atoms with Crippen molar-refractivity contribution in [3.05, 3.63) is 35.4 Å². The molecule has 1 N–H and O–H groups in total. The first-order chi connectivity index (χ1) is 6.15. The van der Waals surface area contributed by atoms with Gasteiger partial charge in [-0.15, -0.1) is 0 Å². The molecule has 0 aliphatic carbocycles. The Morgan fingerprint density at radius 3 is 2.23 bits per heavy atom. The molecule has 2 nitrogen and oxygen atoms in total. The molecule has 0 amide bonds. The summed E-state index contributed by atoms with van der Waals surface area (Å²) in [5.41, 5.74) is 1.97. The summed E-state index contributed by atoms with van der Waals surface area (Å²) >= 11 is 5.62. The van der Waals surface area contributed by atoms with Crippen molar-refractivity contribution in [3.8, 4) is 0 Å². The molecule has 13 heavy (non-hydrogen) atoms. The highest BCUT2D eigenvalue weighted by Crippen LogP contribution is 2.15. The summed E-state index contributed by atoms with van der Waals surface area (Å²) in [6.07, 6.45) is 0. The Morgan fingerprint density at radius 2 is 1.85 bits per heavy atom. The topological polar surface area (TPSA) is 32.6 Å². The van der Waals surface area contributed by atoms with Crippen LogP contribution < -0.4 is 0 Å². The zero-order chi connectivity index (χ0) is 9.84. The lowest BCUT2D eigenvalue weighted by Gasteiger charge is -2.04. The summed E-state index contributed by atoms with van der Waals surface area (Å²) in [6.45, 7) is 4.24. The molecule has 0 aliphatic heterocycles. The third-order valence-electron chi connectivity index (χ3n) is 1.90. The standard InChI is InChI=1S/C10H12ClNO/c1-7(2)8-3-5-9(6-4-8)10(11)12-13/h3-7,13H,1-2H3/b12-10-. The van der Waals surface area contributed by atoms with Gasteiger partial charge in [0, 0.05) is 5.56 Å². The third-order valence-corrected chi connectivity index (χ3v) is 2.20. The number of halogens is 1. The first-order valence-electron chi connectivity index (χ1n) is 4.13. The van der Waals surface area contributed by atoms with E-state index in [0.717, 1.165) is 5.56 Å². The molecule has 0 saturated carbocycles. The van der Waals surface area contributed by atoms with E-state index in [1.165, 1.54) is 5.56 Å². The van der Waals surface area contributed by atoms with E-state index >= 15 is 0 Å². The van der Waals surface area contributed by atoms with Crippen LogP contribution >= 0.6 is 11.6 Å². The summed E-state index contributed by atoms with van der Waals surface area (Å²) in [4.78, 5) is 0. The van der Waals surface area contributed by atoms with Crippen LogP contribution in [0.4, 0.5) is 0 Å². The number of hydrogen-bond acceptors (Lipinski definition) is 2. The molecule has 70 valence electrons. The maximum absolute atomic E-state index is 8.42. The Kier molecular flexibility index (Phi) is 3.32. The van der Waals surface area contributed by atoms with Gasteiger partial charge in [-0.05, 0) is 11.5 Å². The van der Waals surface area contributed by atoms with Crippen LogP contribution in [0.3, 0.4) is 0 Å². The number of rotatable bonds is 2. The summed E-state index contributed by atoms with van der Waals surface area (Å²) in [5.74, 6) is 0.499. The van der Waals surface area contributed by atoms with E-state index in [2.05, 4.69) is 19.0 Å². The normalized spacial score (nSPS) is 12.2. The Hall–Kier alpha value is -1.02. The lowest BCUT2D eigenvalue weighted by molar-refractivity contribution is 0.321. The Bertz CT molecular complexity index is 303. The molecule has 0 bridgehead atoms. The zero-order valence-corrected chi connectivity index (χ0v) is 8.42. The summed E-state index contributed by atoms with van der Waals surface area (Å²) in [6, 6.07) is 7.65. The van der Waals surface area contributed by atoms with Crippen LogP contribution in [-0.4, -0.2) is 10.4 Å².